The summed E-state index contributed by atoms with van der Waals surface area (Å²) in [7, 11) is 0. The third kappa shape index (κ3) is 2.79. The Balaban J connectivity index is 1.52. The van der Waals surface area contributed by atoms with Gasteiger partial charge in [0.2, 0.25) is 0 Å². The summed E-state index contributed by atoms with van der Waals surface area (Å²) in [5, 5.41) is 13.7. The Bertz CT molecular complexity index is 484. The van der Waals surface area contributed by atoms with Gasteiger partial charge >= 0.3 is 6.03 Å². The van der Waals surface area contributed by atoms with Gasteiger partial charge in [-0.1, -0.05) is 13.3 Å². The number of aliphatic hydroxyl groups is 1. The summed E-state index contributed by atoms with van der Waals surface area (Å²) in [6.07, 6.45) is 5.78. The maximum atomic E-state index is 12.2. The molecule has 5 heteroatoms. The molecular weight excluding hydrogens is 268 g/mol. The van der Waals surface area contributed by atoms with E-state index in [1.54, 1.807) is 11.2 Å². The molecule has 1 saturated heterocycles. The van der Waals surface area contributed by atoms with Crippen LogP contribution in [-0.4, -0.2) is 34.7 Å². The molecule has 0 radical (unpaired) electrons. The van der Waals surface area contributed by atoms with Crippen LogP contribution in [0.2, 0.25) is 0 Å². The predicted octanol–water partition coefficient (Wildman–Crippen LogP) is 2.36. The van der Waals surface area contributed by atoms with E-state index in [4.69, 9.17) is 4.42 Å². The van der Waals surface area contributed by atoms with E-state index in [2.05, 4.69) is 12.2 Å². The Morgan fingerprint density at radius 2 is 2.38 bits per heavy atom. The van der Waals surface area contributed by atoms with Crippen molar-refractivity contribution in [3.05, 3.63) is 24.2 Å². The Morgan fingerprint density at radius 3 is 2.95 bits per heavy atom. The molecule has 1 aromatic heterocycles. The van der Waals surface area contributed by atoms with Gasteiger partial charge in [-0.25, -0.2) is 4.79 Å². The van der Waals surface area contributed by atoms with E-state index < -0.39 is 5.60 Å². The van der Waals surface area contributed by atoms with Crippen molar-refractivity contribution in [2.45, 2.75) is 44.8 Å². The van der Waals surface area contributed by atoms with Gasteiger partial charge in [0, 0.05) is 19.0 Å². The number of carbonyl (C=O) groups excluding carboxylic acids is 1. The predicted molar refractivity (Wildman–Crippen MR) is 78.6 cm³/mol. The highest BCUT2D eigenvalue weighted by Crippen LogP contribution is 2.44. The number of piperidine rings is 1. The maximum Gasteiger partial charge on any atom is 0.317 e. The fourth-order valence-electron chi connectivity index (χ4n) is 3.53. The highest BCUT2D eigenvalue weighted by atomic mass is 16.3. The van der Waals surface area contributed by atoms with Crippen molar-refractivity contribution in [3.63, 3.8) is 0 Å². The molecule has 2 fully saturated rings. The highest BCUT2D eigenvalue weighted by Gasteiger charge is 2.47. The second kappa shape index (κ2) is 5.72. The molecule has 2 N–H and O–H groups in total. The molecule has 1 aliphatic heterocycles. The number of nitrogens with one attached hydrogen (secondary N) is 1. The first-order chi connectivity index (χ1) is 10.1. The zero-order valence-electron chi connectivity index (χ0n) is 12.5. The molecular formula is C16H24N2O3. The number of carbonyl (C=O) groups is 1. The number of rotatable bonds is 3. The summed E-state index contributed by atoms with van der Waals surface area (Å²) in [5.41, 5.74) is -0.573. The van der Waals surface area contributed by atoms with Crippen molar-refractivity contribution in [2.75, 3.05) is 13.1 Å². The van der Waals surface area contributed by atoms with Gasteiger partial charge in [-0.15, -0.1) is 0 Å². The molecule has 2 amide bonds. The first-order valence-corrected chi connectivity index (χ1v) is 7.87. The third-order valence-electron chi connectivity index (χ3n) is 5.22. The quantitative estimate of drug-likeness (QED) is 0.899. The van der Waals surface area contributed by atoms with Crippen molar-refractivity contribution in [2.24, 2.45) is 11.8 Å². The molecule has 1 aliphatic carbocycles. The number of hydrogen-bond donors (Lipinski definition) is 2. The van der Waals surface area contributed by atoms with Crippen LogP contribution in [0, 0.1) is 11.8 Å². The van der Waals surface area contributed by atoms with Gasteiger partial charge in [-0.2, -0.15) is 0 Å². The minimum absolute atomic E-state index is 0.0751. The second-order valence-corrected chi connectivity index (χ2v) is 6.45. The van der Waals surface area contributed by atoms with E-state index in [0.29, 0.717) is 32.0 Å². The molecule has 2 aliphatic rings. The third-order valence-corrected chi connectivity index (χ3v) is 5.22. The molecule has 2 atom stereocenters. The minimum atomic E-state index is -0.573. The normalized spacial score (nSPS) is 30.0. The van der Waals surface area contributed by atoms with Crippen LogP contribution in [0.15, 0.2) is 22.8 Å². The van der Waals surface area contributed by atoms with Crippen LogP contribution in [0.5, 0.6) is 0 Å². The molecule has 5 nitrogen and oxygen atoms in total. The topological polar surface area (TPSA) is 65.7 Å². The fourth-order valence-corrected chi connectivity index (χ4v) is 3.53. The van der Waals surface area contributed by atoms with Gasteiger partial charge in [0.25, 0.3) is 0 Å². The summed E-state index contributed by atoms with van der Waals surface area (Å²) in [6.45, 7) is 3.71. The lowest BCUT2D eigenvalue weighted by molar-refractivity contribution is -0.121. The average molecular weight is 292 g/mol. The van der Waals surface area contributed by atoms with E-state index in [0.717, 1.165) is 18.6 Å². The SMILES string of the molecule is C[C@@H]1CN(C(=O)NCc2ccco2)CC[C@@]1(O)C1CCC1. The Labute approximate surface area is 125 Å². The van der Waals surface area contributed by atoms with Crippen LogP contribution in [0.1, 0.15) is 38.4 Å². The lowest BCUT2D eigenvalue weighted by Crippen LogP contribution is -2.58. The number of amides is 2. The van der Waals surface area contributed by atoms with Crippen LogP contribution in [0.3, 0.4) is 0 Å². The van der Waals surface area contributed by atoms with E-state index in [1.807, 2.05) is 12.1 Å². The Morgan fingerprint density at radius 1 is 1.57 bits per heavy atom. The van der Waals surface area contributed by atoms with Gasteiger partial charge in [-0.3, -0.25) is 0 Å². The lowest BCUT2D eigenvalue weighted by atomic mass is 9.65. The van der Waals surface area contributed by atoms with Gasteiger partial charge in [-0.05, 0) is 37.3 Å². The first-order valence-electron chi connectivity index (χ1n) is 7.87. The molecule has 0 spiro atoms. The summed E-state index contributed by atoms with van der Waals surface area (Å²) in [4.78, 5) is 14.0. The van der Waals surface area contributed by atoms with Crippen LogP contribution in [0.4, 0.5) is 4.79 Å². The van der Waals surface area contributed by atoms with Crippen LogP contribution < -0.4 is 5.32 Å². The van der Waals surface area contributed by atoms with Crippen LogP contribution >= 0.6 is 0 Å². The Kier molecular flexibility index (Phi) is 3.93. The highest BCUT2D eigenvalue weighted by molar-refractivity contribution is 5.74. The molecule has 0 unspecified atom stereocenters. The molecule has 1 aromatic rings. The van der Waals surface area contributed by atoms with E-state index in [1.165, 1.54) is 6.42 Å². The second-order valence-electron chi connectivity index (χ2n) is 6.45. The van der Waals surface area contributed by atoms with Crippen LogP contribution in [0.25, 0.3) is 0 Å². The monoisotopic (exact) mass is 292 g/mol. The lowest BCUT2D eigenvalue weighted by Gasteiger charge is -2.50. The average Bonchev–Trinajstić information content (AvgIpc) is 2.90. The van der Waals surface area contributed by atoms with Crippen LogP contribution in [-0.2, 0) is 6.54 Å². The van der Waals surface area contributed by atoms with Crippen molar-refractivity contribution in [3.8, 4) is 0 Å². The molecule has 2 heterocycles. The van der Waals surface area contributed by atoms with Gasteiger partial charge in [0.1, 0.15) is 5.76 Å². The molecule has 3 rings (SSSR count). The molecule has 0 aromatic carbocycles. The zero-order chi connectivity index (χ0) is 14.9. The summed E-state index contributed by atoms with van der Waals surface area (Å²) in [5.74, 6) is 1.31. The summed E-state index contributed by atoms with van der Waals surface area (Å²) >= 11 is 0. The van der Waals surface area contributed by atoms with E-state index >= 15 is 0 Å². The number of furan rings is 1. The zero-order valence-corrected chi connectivity index (χ0v) is 12.5. The maximum absolute atomic E-state index is 12.2. The molecule has 21 heavy (non-hydrogen) atoms. The Hall–Kier alpha value is -1.49. The first kappa shape index (κ1) is 14.4. The largest absolute Gasteiger partial charge is 0.467 e. The summed E-state index contributed by atoms with van der Waals surface area (Å²) < 4.78 is 5.21. The fraction of sp³-hybridized carbons (Fsp3) is 0.688. The van der Waals surface area contributed by atoms with Crippen molar-refractivity contribution >= 4 is 6.03 Å². The van der Waals surface area contributed by atoms with Crippen molar-refractivity contribution < 1.29 is 14.3 Å². The number of urea groups is 1. The molecule has 1 saturated carbocycles. The number of hydrogen-bond acceptors (Lipinski definition) is 3. The smallest absolute Gasteiger partial charge is 0.317 e. The van der Waals surface area contributed by atoms with Crippen molar-refractivity contribution in [1.29, 1.82) is 0 Å². The van der Waals surface area contributed by atoms with E-state index in [9.17, 15) is 9.90 Å². The minimum Gasteiger partial charge on any atom is -0.467 e. The summed E-state index contributed by atoms with van der Waals surface area (Å²) in [6, 6.07) is 3.58. The van der Waals surface area contributed by atoms with Gasteiger partial charge in [0.15, 0.2) is 0 Å². The number of likely N-dealkylation sites (tertiary alicyclic amines) is 1. The number of nitrogens with zero attached hydrogens (tertiary/aromatic N) is 1. The van der Waals surface area contributed by atoms with Gasteiger partial charge < -0.3 is 19.7 Å². The molecule has 116 valence electrons. The van der Waals surface area contributed by atoms with Gasteiger partial charge in [0.05, 0.1) is 18.4 Å². The van der Waals surface area contributed by atoms with E-state index in [-0.39, 0.29) is 11.9 Å². The standard InChI is InChI=1S/C16H24N2O3/c1-12-11-18(8-7-16(12,20)13-4-2-5-13)15(19)17-10-14-6-3-9-21-14/h3,6,9,12-13,20H,2,4-5,7-8,10-11H2,1H3,(H,17,19)/t12-,16+/m1/s1. The molecule has 0 bridgehead atoms. The van der Waals surface area contributed by atoms with Crippen molar-refractivity contribution in [1.82, 2.24) is 10.2 Å².